The Morgan fingerprint density at radius 2 is 2.22 bits per heavy atom. The van der Waals surface area contributed by atoms with Gasteiger partial charge in [0.1, 0.15) is 10.8 Å². The van der Waals surface area contributed by atoms with Crippen molar-refractivity contribution >= 4 is 34.5 Å². The Kier molecular flexibility index (Phi) is 3.89. The second-order valence-corrected chi connectivity index (χ2v) is 5.35. The van der Waals surface area contributed by atoms with Gasteiger partial charge in [-0.1, -0.05) is 17.7 Å². The minimum absolute atomic E-state index is 0.169. The number of carbonyl (C=O) groups is 1. The van der Waals surface area contributed by atoms with Crippen LogP contribution in [0.4, 0.5) is 15.8 Å². The summed E-state index contributed by atoms with van der Waals surface area (Å²) in [5, 5.41) is 3.05. The van der Waals surface area contributed by atoms with Crippen LogP contribution in [0.1, 0.15) is 15.9 Å². The fraction of sp³-hybridized carbons (Fsp3) is 0.0667. The van der Waals surface area contributed by atoms with Crippen LogP contribution in [0.2, 0.25) is 5.02 Å². The number of fused-ring (bicyclic) bond motifs is 1. The topological polar surface area (TPSA) is 84.5 Å². The molecule has 1 aromatic carbocycles. The molecule has 2 aromatic heterocycles. The van der Waals surface area contributed by atoms with Crippen molar-refractivity contribution in [3.8, 4) is 0 Å². The Morgan fingerprint density at radius 3 is 2.91 bits per heavy atom. The number of hydrogen-bond acceptors (Lipinski definition) is 4. The SMILES string of the molecule is Cc1ccc(Nc2c(C(=O)NN)cn3ccnc3c2Cl)c(F)c1. The maximum absolute atomic E-state index is 14.1. The van der Waals surface area contributed by atoms with Gasteiger partial charge in [-0.05, 0) is 24.6 Å². The van der Waals surface area contributed by atoms with Crippen LogP contribution in [0.15, 0.2) is 36.8 Å². The highest BCUT2D eigenvalue weighted by atomic mass is 35.5. The first-order valence-electron chi connectivity index (χ1n) is 6.70. The molecule has 0 radical (unpaired) electrons. The number of aryl methyl sites for hydroxylation is 1. The van der Waals surface area contributed by atoms with E-state index in [-0.39, 0.29) is 22.0 Å². The molecule has 6 nitrogen and oxygen atoms in total. The van der Waals surface area contributed by atoms with Crippen LogP contribution in [-0.4, -0.2) is 15.3 Å². The minimum Gasteiger partial charge on any atom is -0.351 e. The third kappa shape index (κ3) is 2.71. The summed E-state index contributed by atoms with van der Waals surface area (Å²) in [5.74, 6) is 4.20. The highest BCUT2D eigenvalue weighted by molar-refractivity contribution is 6.37. The van der Waals surface area contributed by atoms with Gasteiger partial charge in [0.25, 0.3) is 5.91 Å². The molecule has 0 atom stereocenters. The fourth-order valence-electron chi connectivity index (χ4n) is 2.25. The number of aromatic nitrogens is 2. The maximum Gasteiger partial charge on any atom is 0.268 e. The van der Waals surface area contributed by atoms with Crippen molar-refractivity contribution in [1.82, 2.24) is 14.8 Å². The number of nitrogens with zero attached hydrogens (tertiary/aromatic N) is 2. The molecule has 4 N–H and O–H groups in total. The predicted octanol–water partition coefficient (Wildman–Crippen LogP) is 2.78. The van der Waals surface area contributed by atoms with Crippen LogP contribution < -0.4 is 16.6 Å². The summed E-state index contributed by atoms with van der Waals surface area (Å²) < 4.78 is 15.7. The van der Waals surface area contributed by atoms with Crippen LogP contribution in [0.5, 0.6) is 0 Å². The maximum atomic E-state index is 14.1. The third-order valence-electron chi connectivity index (χ3n) is 3.38. The van der Waals surface area contributed by atoms with Crippen molar-refractivity contribution in [2.45, 2.75) is 6.92 Å². The van der Waals surface area contributed by atoms with E-state index in [1.807, 2.05) is 0 Å². The van der Waals surface area contributed by atoms with E-state index in [0.29, 0.717) is 5.65 Å². The van der Waals surface area contributed by atoms with E-state index in [1.165, 1.54) is 12.3 Å². The molecule has 23 heavy (non-hydrogen) atoms. The summed E-state index contributed by atoms with van der Waals surface area (Å²) in [6.07, 6.45) is 4.71. The molecule has 0 saturated carbocycles. The van der Waals surface area contributed by atoms with E-state index in [0.717, 1.165) is 5.56 Å². The molecule has 118 valence electrons. The zero-order valence-electron chi connectivity index (χ0n) is 12.1. The summed E-state index contributed by atoms with van der Waals surface area (Å²) >= 11 is 6.33. The van der Waals surface area contributed by atoms with Gasteiger partial charge in [0, 0.05) is 18.6 Å². The number of hydrazine groups is 1. The van der Waals surface area contributed by atoms with Crippen LogP contribution in [0.25, 0.3) is 5.65 Å². The van der Waals surface area contributed by atoms with E-state index in [9.17, 15) is 9.18 Å². The quantitative estimate of drug-likeness (QED) is 0.391. The first-order valence-corrected chi connectivity index (χ1v) is 7.08. The second kappa shape index (κ2) is 5.86. The number of nitrogens with one attached hydrogen (secondary N) is 2. The lowest BCUT2D eigenvalue weighted by Gasteiger charge is -2.15. The number of rotatable bonds is 3. The molecule has 0 saturated heterocycles. The third-order valence-corrected chi connectivity index (χ3v) is 3.74. The Bertz CT molecular complexity index is 908. The van der Waals surface area contributed by atoms with Crippen LogP contribution in [0, 0.1) is 12.7 Å². The number of halogens is 2. The van der Waals surface area contributed by atoms with Crippen molar-refractivity contribution in [3.05, 3.63) is 58.8 Å². The number of anilines is 2. The number of pyridine rings is 1. The molecule has 0 aliphatic heterocycles. The molecule has 0 unspecified atom stereocenters. The normalized spacial score (nSPS) is 10.8. The summed E-state index contributed by atoms with van der Waals surface area (Å²) in [4.78, 5) is 16.1. The monoisotopic (exact) mass is 333 g/mol. The van der Waals surface area contributed by atoms with Crippen LogP contribution in [0.3, 0.4) is 0 Å². The van der Waals surface area contributed by atoms with Gasteiger partial charge in [-0.2, -0.15) is 0 Å². The summed E-state index contributed by atoms with van der Waals surface area (Å²) in [6.45, 7) is 1.78. The first kappa shape index (κ1) is 15.3. The second-order valence-electron chi connectivity index (χ2n) is 4.97. The highest BCUT2D eigenvalue weighted by Gasteiger charge is 2.19. The number of nitrogens with two attached hydrogens (primary N) is 1. The lowest BCUT2D eigenvalue weighted by molar-refractivity contribution is 0.0954. The molecule has 0 fully saturated rings. The first-order chi connectivity index (χ1) is 11.0. The van der Waals surface area contributed by atoms with Gasteiger partial charge in [-0.25, -0.2) is 15.2 Å². The minimum atomic E-state index is -0.558. The van der Waals surface area contributed by atoms with Crippen molar-refractivity contribution in [3.63, 3.8) is 0 Å². The zero-order valence-corrected chi connectivity index (χ0v) is 12.9. The lowest BCUT2D eigenvalue weighted by Crippen LogP contribution is -2.31. The fourth-order valence-corrected chi connectivity index (χ4v) is 2.54. The van der Waals surface area contributed by atoms with Gasteiger partial charge in [-0.15, -0.1) is 0 Å². The molecule has 0 aliphatic rings. The number of amides is 1. The molecule has 0 spiro atoms. The number of nitrogen functional groups attached to an aromatic ring is 1. The van der Waals surface area contributed by atoms with Gasteiger partial charge in [0.2, 0.25) is 0 Å². The van der Waals surface area contributed by atoms with Gasteiger partial charge in [-0.3, -0.25) is 10.2 Å². The molecule has 0 bridgehead atoms. The molecule has 1 amide bonds. The van der Waals surface area contributed by atoms with E-state index in [2.05, 4.69) is 15.7 Å². The number of hydrogen-bond donors (Lipinski definition) is 3. The molecule has 0 aliphatic carbocycles. The average molecular weight is 334 g/mol. The van der Waals surface area contributed by atoms with E-state index < -0.39 is 11.7 Å². The average Bonchev–Trinajstić information content (AvgIpc) is 3.00. The molecule has 3 aromatic rings. The summed E-state index contributed by atoms with van der Waals surface area (Å²) in [5.41, 5.74) is 3.87. The Labute approximate surface area is 136 Å². The predicted molar refractivity (Wildman–Crippen MR) is 86.3 cm³/mol. The molecular weight excluding hydrogens is 321 g/mol. The number of carbonyl (C=O) groups excluding carboxylic acids is 1. The molecule has 2 heterocycles. The van der Waals surface area contributed by atoms with Crippen molar-refractivity contribution < 1.29 is 9.18 Å². The van der Waals surface area contributed by atoms with Crippen LogP contribution >= 0.6 is 11.6 Å². The lowest BCUT2D eigenvalue weighted by atomic mass is 10.1. The van der Waals surface area contributed by atoms with Crippen LogP contribution in [-0.2, 0) is 0 Å². The van der Waals surface area contributed by atoms with Crippen molar-refractivity contribution in [2.75, 3.05) is 5.32 Å². The molecule has 8 heteroatoms. The van der Waals surface area contributed by atoms with E-state index in [1.54, 1.807) is 35.9 Å². The van der Waals surface area contributed by atoms with E-state index >= 15 is 0 Å². The van der Waals surface area contributed by atoms with Gasteiger partial charge in [0.15, 0.2) is 5.65 Å². The van der Waals surface area contributed by atoms with Crippen molar-refractivity contribution in [2.24, 2.45) is 5.84 Å². The van der Waals surface area contributed by atoms with E-state index in [4.69, 9.17) is 17.4 Å². The number of imidazole rings is 1. The highest BCUT2D eigenvalue weighted by Crippen LogP contribution is 2.33. The largest absolute Gasteiger partial charge is 0.351 e. The Morgan fingerprint density at radius 1 is 1.43 bits per heavy atom. The molecular formula is C15H13ClFN5O. The van der Waals surface area contributed by atoms with Gasteiger partial charge < -0.3 is 9.72 Å². The summed E-state index contributed by atoms with van der Waals surface area (Å²) in [6, 6.07) is 4.70. The molecule has 3 rings (SSSR count). The van der Waals surface area contributed by atoms with Gasteiger partial charge >= 0.3 is 0 Å². The van der Waals surface area contributed by atoms with Gasteiger partial charge in [0.05, 0.1) is 16.9 Å². The Hall–Kier alpha value is -2.64. The smallest absolute Gasteiger partial charge is 0.268 e. The number of benzene rings is 1. The zero-order chi connectivity index (χ0) is 16.6. The summed E-state index contributed by atoms with van der Waals surface area (Å²) in [7, 11) is 0. The standard InChI is InChI=1S/C15H13ClFN5O/c1-8-2-3-11(10(17)6-8)20-13-9(15(23)21-18)7-22-5-4-19-14(22)12(13)16/h2-7,20H,18H2,1H3,(H,21,23). The Balaban J connectivity index is 2.17. The van der Waals surface area contributed by atoms with Crippen molar-refractivity contribution in [1.29, 1.82) is 0 Å².